The molecule has 2 N–H and O–H groups in total. The lowest BCUT2D eigenvalue weighted by Crippen LogP contribution is -1.97. The summed E-state index contributed by atoms with van der Waals surface area (Å²) in [4.78, 5) is 9.76. The van der Waals surface area contributed by atoms with Crippen LogP contribution >= 0.6 is 0 Å². The number of rotatable bonds is 3. The summed E-state index contributed by atoms with van der Waals surface area (Å²) in [5.41, 5.74) is -0.124. The van der Waals surface area contributed by atoms with Crippen LogP contribution in [0.1, 0.15) is 18.1 Å². The maximum absolute atomic E-state index is 10.5. The summed E-state index contributed by atoms with van der Waals surface area (Å²) in [7, 11) is 0. The van der Waals surface area contributed by atoms with Crippen LogP contribution in [0.2, 0.25) is 0 Å². The number of terminal acetylenes is 1. The van der Waals surface area contributed by atoms with Crippen molar-refractivity contribution in [1.82, 2.24) is 0 Å². The molecule has 0 aliphatic heterocycles. The van der Waals surface area contributed by atoms with Crippen molar-refractivity contribution in [3.8, 4) is 18.1 Å². The average Bonchev–Trinajstić information content (AvgIpc) is 2.18. The van der Waals surface area contributed by atoms with E-state index in [0.717, 1.165) is 12.1 Å². The molecule has 0 aliphatic carbocycles. The standard InChI is InChI=1S/C10H9NO4/c1-2-3-9(12)7-4-5-10(13)8(6-7)11(14)15/h1,4-6,9,12-13H,3H2/t9-/m1/s1. The Morgan fingerprint density at radius 3 is 2.80 bits per heavy atom. The number of benzene rings is 1. The van der Waals surface area contributed by atoms with Gasteiger partial charge in [-0.15, -0.1) is 12.3 Å². The number of nitrogens with zero attached hydrogens (tertiary/aromatic N) is 1. The van der Waals surface area contributed by atoms with E-state index in [4.69, 9.17) is 11.5 Å². The lowest BCUT2D eigenvalue weighted by molar-refractivity contribution is -0.386. The summed E-state index contributed by atoms with van der Waals surface area (Å²) >= 11 is 0. The van der Waals surface area contributed by atoms with Crippen LogP contribution in [0.15, 0.2) is 18.2 Å². The second-order valence-corrected chi connectivity index (χ2v) is 2.93. The van der Waals surface area contributed by atoms with Gasteiger partial charge in [0, 0.05) is 12.5 Å². The first kappa shape index (κ1) is 11.0. The molecule has 0 bridgehead atoms. The zero-order valence-corrected chi connectivity index (χ0v) is 7.75. The predicted octanol–water partition coefficient (Wildman–Crippen LogP) is 1.36. The number of aliphatic hydroxyl groups is 1. The molecule has 0 heterocycles. The molecule has 78 valence electrons. The Morgan fingerprint density at radius 2 is 2.27 bits per heavy atom. The molecule has 0 aromatic heterocycles. The van der Waals surface area contributed by atoms with Crippen LogP contribution in [0.5, 0.6) is 5.75 Å². The molecule has 5 nitrogen and oxygen atoms in total. The number of aliphatic hydroxyl groups excluding tert-OH is 1. The summed E-state index contributed by atoms with van der Waals surface area (Å²) in [5.74, 6) is 1.81. The molecule has 1 aromatic rings. The van der Waals surface area contributed by atoms with Gasteiger partial charge in [-0.3, -0.25) is 10.1 Å². The second kappa shape index (κ2) is 4.44. The van der Waals surface area contributed by atoms with Gasteiger partial charge in [-0.2, -0.15) is 0 Å². The van der Waals surface area contributed by atoms with Crippen molar-refractivity contribution >= 4 is 5.69 Å². The molecule has 0 fully saturated rings. The van der Waals surface area contributed by atoms with Gasteiger partial charge in [-0.05, 0) is 11.6 Å². The van der Waals surface area contributed by atoms with Gasteiger partial charge in [0.2, 0.25) is 0 Å². The third kappa shape index (κ3) is 2.45. The highest BCUT2D eigenvalue weighted by atomic mass is 16.6. The quantitative estimate of drug-likeness (QED) is 0.445. The number of hydrogen-bond donors (Lipinski definition) is 2. The minimum Gasteiger partial charge on any atom is -0.502 e. The SMILES string of the molecule is C#CC[C@@H](O)c1ccc(O)c([N+](=O)[O-])c1. The van der Waals surface area contributed by atoms with Gasteiger partial charge < -0.3 is 10.2 Å². The van der Waals surface area contributed by atoms with Crippen LogP contribution in [0.4, 0.5) is 5.69 Å². The molecule has 0 radical (unpaired) electrons. The molecule has 0 saturated carbocycles. The zero-order chi connectivity index (χ0) is 11.4. The highest BCUT2D eigenvalue weighted by Gasteiger charge is 2.16. The van der Waals surface area contributed by atoms with Crippen LogP contribution in [0, 0.1) is 22.5 Å². The molecule has 15 heavy (non-hydrogen) atoms. The van der Waals surface area contributed by atoms with Crippen LogP contribution in [-0.2, 0) is 0 Å². The lowest BCUT2D eigenvalue weighted by atomic mass is 10.1. The highest BCUT2D eigenvalue weighted by Crippen LogP contribution is 2.29. The van der Waals surface area contributed by atoms with Crippen molar-refractivity contribution in [1.29, 1.82) is 0 Å². The molecular weight excluding hydrogens is 198 g/mol. The molecule has 0 amide bonds. The largest absolute Gasteiger partial charge is 0.502 e. The molecular formula is C10H9NO4. The minimum atomic E-state index is -0.950. The Morgan fingerprint density at radius 1 is 1.60 bits per heavy atom. The number of hydrogen-bond acceptors (Lipinski definition) is 4. The summed E-state index contributed by atoms with van der Waals surface area (Å²) < 4.78 is 0. The maximum atomic E-state index is 10.5. The number of phenolic OH excluding ortho intramolecular Hbond substituents is 1. The lowest BCUT2D eigenvalue weighted by Gasteiger charge is -2.07. The van der Waals surface area contributed by atoms with Crippen molar-refractivity contribution in [2.24, 2.45) is 0 Å². The molecule has 1 rings (SSSR count). The van der Waals surface area contributed by atoms with E-state index in [-0.39, 0.29) is 6.42 Å². The van der Waals surface area contributed by atoms with Gasteiger partial charge in [0.05, 0.1) is 11.0 Å². The Kier molecular flexibility index (Phi) is 3.26. The van der Waals surface area contributed by atoms with Gasteiger partial charge in [0.15, 0.2) is 5.75 Å². The monoisotopic (exact) mass is 207 g/mol. The topological polar surface area (TPSA) is 83.6 Å². The van der Waals surface area contributed by atoms with Gasteiger partial charge in [0.1, 0.15) is 0 Å². The van der Waals surface area contributed by atoms with Crippen molar-refractivity contribution in [2.75, 3.05) is 0 Å². The van der Waals surface area contributed by atoms with E-state index in [2.05, 4.69) is 5.92 Å². The molecule has 0 unspecified atom stereocenters. The van der Waals surface area contributed by atoms with Crippen LogP contribution in [-0.4, -0.2) is 15.1 Å². The van der Waals surface area contributed by atoms with Gasteiger partial charge >= 0.3 is 5.69 Å². The summed E-state index contributed by atoms with van der Waals surface area (Å²) in [5, 5.41) is 29.1. The fourth-order valence-corrected chi connectivity index (χ4v) is 1.12. The molecule has 0 saturated heterocycles. The third-order valence-electron chi connectivity index (χ3n) is 1.89. The van der Waals surface area contributed by atoms with E-state index >= 15 is 0 Å². The first-order chi connectivity index (χ1) is 7.06. The summed E-state index contributed by atoms with van der Waals surface area (Å²) in [6, 6.07) is 3.66. The zero-order valence-electron chi connectivity index (χ0n) is 7.75. The van der Waals surface area contributed by atoms with Gasteiger partial charge in [0.25, 0.3) is 0 Å². The van der Waals surface area contributed by atoms with Crippen molar-refractivity contribution in [3.63, 3.8) is 0 Å². The fraction of sp³-hybridized carbons (Fsp3) is 0.200. The normalized spacial score (nSPS) is 11.7. The summed E-state index contributed by atoms with van der Waals surface area (Å²) in [6.45, 7) is 0. The van der Waals surface area contributed by atoms with E-state index < -0.39 is 22.5 Å². The Bertz CT molecular complexity index is 422. The molecule has 5 heteroatoms. The third-order valence-corrected chi connectivity index (χ3v) is 1.89. The Hall–Kier alpha value is -2.06. The minimum absolute atomic E-state index is 0.0714. The van der Waals surface area contributed by atoms with Crippen LogP contribution in [0.3, 0.4) is 0 Å². The highest BCUT2D eigenvalue weighted by molar-refractivity contribution is 5.48. The Labute approximate surface area is 86.1 Å². The number of nitro benzene ring substituents is 1. The fourth-order valence-electron chi connectivity index (χ4n) is 1.12. The van der Waals surface area contributed by atoms with E-state index in [1.807, 2.05) is 0 Å². The van der Waals surface area contributed by atoms with Crippen LogP contribution in [0.25, 0.3) is 0 Å². The van der Waals surface area contributed by atoms with E-state index in [0.29, 0.717) is 5.56 Å². The van der Waals surface area contributed by atoms with E-state index in [1.54, 1.807) is 0 Å². The first-order valence-corrected chi connectivity index (χ1v) is 4.15. The van der Waals surface area contributed by atoms with Gasteiger partial charge in [-0.1, -0.05) is 6.07 Å². The first-order valence-electron chi connectivity index (χ1n) is 4.15. The molecule has 0 aliphatic rings. The van der Waals surface area contributed by atoms with Crippen LogP contribution < -0.4 is 0 Å². The predicted molar refractivity (Wildman–Crippen MR) is 53.2 cm³/mol. The maximum Gasteiger partial charge on any atom is 0.311 e. The second-order valence-electron chi connectivity index (χ2n) is 2.93. The number of nitro groups is 1. The molecule has 0 spiro atoms. The van der Waals surface area contributed by atoms with Crippen molar-refractivity contribution in [2.45, 2.75) is 12.5 Å². The van der Waals surface area contributed by atoms with E-state index in [9.17, 15) is 15.2 Å². The molecule has 1 aromatic carbocycles. The average molecular weight is 207 g/mol. The van der Waals surface area contributed by atoms with E-state index in [1.165, 1.54) is 6.07 Å². The summed E-state index contributed by atoms with van der Waals surface area (Å²) in [6.07, 6.45) is 4.12. The molecule has 1 atom stereocenters. The van der Waals surface area contributed by atoms with Gasteiger partial charge in [-0.25, -0.2) is 0 Å². The Balaban J connectivity index is 3.08. The smallest absolute Gasteiger partial charge is 0.311 e. The number of aromatic hydroxyl groups is 1. The van der Waals surface area contributed by atoms with Crippen molar-refractivity contribution in [3.05, 3.63) is 33.9 Å². The van der Waals surface area contributed by atoms with Crippen molar-refractivity contribution < 1.29 is 15.1 Å². The number of phenols is 1.